The Balaban J connectivity index is 2.09. The van der Waals surface area contributed by atoms with Crippen molar-refractivity contribution >= 4 is 22.9 Å². The number of nitro groups is 1. The first-order chi connectivity index (χ1) is 12.5. The molecule has 3 rings (SSSR count). The van der Waals surface area contributed by atoms with Gasteiger partial charge in [0.1, 0.15) is 11.4 Å². The molecule has 0 aliphatic rings. The Morgan fingerprint density at radius 1 is 1.35 bits per heavy atom. The van der Waals surface area contributed by atoms with Crippen molar-refractivity contribution in [1.82, 2.24) is 15.1 Å². The maximum absolute atomic E-state index is 12.7. The van der Waals surface area contributed by atoms with Gasteiger partial charge in [-0.15, -0.1) is 11.3 Å². The second-order valence-electron chi connectivity index (χ2n) is 5.86. The lowest BCUT2D eigenvalue weighted by Crippen LogP contribution is -2.33. The third-order valence-electron chi connectivity index (χ3n) is 3.99. The Hall–Kier alpha value is -3.00. The van der Waals surface area contributed by atoms with E-state index in [0.717, 1.165) is 11.3 Å². The molecule has 0 unspecified atom stereocenters. The molecular formula is C18H18N4O3S. The summed E-state index contributed by atoms with van der Waals surface area (Å²) < 4.78 is 1.46. The van der Waals surface area contributed by atoms with E-state index in [2.05, 4.69) is 10.4 Å². The predicted octanol–water partition coefficient (Wildman–Crippen LogP) is 4.04. The van der Waals surface area contributed by atoms with Gasteiger partial charge in [-0.05, 0) is 36.9 Å². The molecule has 2 heterocycles. The molecule has 0 saturated carbocycles. The lowest BCUT2D eigenvalue weighted by Gasteiger charge is -2.12. The van der Waals surface area contributed by atoms with Gasteiger partial charge in [0.2, 0.25) is 0 Å². The van der Waals surface area contributed by atoms with Crippen LogP contribution in [0.5, 0.6) is 0 Å². The molecule has 1 N–H and O–H groups in total. The zero-order chi connectivity index (χ0) is 18.7. The molecule has 0 aliphatic heterocycles. The molecule has 134 valence electrons. The number of thiophene rings is 1. The van der Waals surface area contributed by atoms with Crippen molar-refractivity contribution in [3.8, 4) is 16.3 Å². The lowest BCUT2D eigenvalue weighted by molar-refractivity contribution is -0.384. The smallest absolute Gasteiger partial charge is 0.271 e. The first kappa shape index (κ1) is 17.8. The van der Waals surface area contributed by atoms with Crippen molar-refractivity contribution in [2.75, 3.05) is 0 Å². The van der Waals surface area contributed by atoms with Gasteiger partial charge in [0.15, 0.2) is 0 Å². The van der Waals surface area contributed by atoms with E-state index in [1.165, 1.54) is 28.2 Å². The van der Waals surface area contributed by atoms with E-state index < -0.39 is 4.92 Å². The molecule has 1 amide bonds. The highest BCUT2D eigenvalue weighted by atomic mass is 32.1. The quantitative estimate of drug-likeness (QED) is 0.524. The summed E-state index contributed by atoms with van der Waals surface area (Å²) in [6.45, 7) is 3.91. The molecule has 7 nitrogen and oxygen atoms in total. The van der Waals surface area contributed by atoms with Crippen molar-refractivity contribution in [3.05, 3.63) is 63.7 Å². The summed E-state index contributed by atoms with van der Waals surface area (Å²) >= 11 is 1.52. The maximum Gasteiger partial charge on any atom is 0.271 e. The molecule has 3 aromatic rings. The Labute approximate surface area is 154 Å². The van der Waals surface area contributed by atoms with Crippen LogP contribution in [-0.4, -0.2) is 26.7 Å². The highest BCUT2D eigenvalue weighted by molar-refractivity contribution is 7.13. The zero-order valence-electron chi connectivity index (χ0n) is 14.4. The van der Waals surface area contributed by atoms with Crippen LogP contribution in [0.15, 0.2) is 47.8 Å². The molecule has 2 aromatic heterocycles. The summed E-state index contributed by atoms with van der Waals surface area (Å²) in [7, 11) is 0. The number of nitrogens with zero attached hydrogens (tertiary/aromatic N) is 3. The van der Waals surface area contributed by atoms with Crippen LogP contribution in [0.2, 0.25) is 0 Å². The Morgan fingerprint density at radius 3 is 2.81 bits per heavy atom. The summed E-state index contributed by atoms with van der Waals surface area (Å²) in [4.78, 5) is 24.2. The number of amides is 1. The summed E-state index contributed by atoms with van der Waals surface area (Å²) in [5, 5.41) is 20.5. The minimum atomic E-state index is -0.466. The first-order valence-corrected chi connectivity index (χ1v) is 9.07. The van der Waals surface area contributed by atoms with Gasteiger partial charge in [0, 0.05) is 18.2 Å². The number of hydrogen-bond donors (Lipinski definition) is 1. The minimum absolute atomic E-state index is 0.0150. The van der Waals surface area contributed by atoms with Crippen molar-refractivity contribution in [2.24, 2.45) is 0 Å². The van der Waals surface area contributed by atoms with Gasteiger partial charge < -0.3 is 5.32 Å². The summed E-state index contributed by atoms with van der Waals surface area (Å²) in [6, 6.07) is 11.6. The molecule has 0 radical (unpaired) electrons. The van der Waals surface area contributed by atoms with E-state index >= 15 is 0 Å². The molecule has 8 heteroatoms. The van der Waals surface area contributed by atoms with Crippen molar-refractivity contribution < 1.29 is 9.72 Å². The number of carbonyl (C=O) groups is 1. The van der Waals surface area contributed by atoms with Gasteiger partial charge >= 0.3 is 0 Å². The molecule has 0 spiro atoms. The van der Waals surface area contributed by atoms with Gasteiger partial charge in [-0.25, -0.2) is 4.68 Å². The fourth-order valence-electron chi connectivity index (χ4n) is 2.42. The number of aromatic nitrogens is 2. The van der Waals surface area contributed by atoms with Gasteiger partial charge in [-0.3, -0.25) is 14.9 Å². The second kappa shape index (κ2) is 7.49. The highest BCUT2D eigenvalue weighted by Gasteiger charge is 2.20. The number of benzene rings is 1. The maximum atomic E-state index is 12.7. The van der Waals surface area contributed by atoms with Crippen LogP contribution >= 0.6 is 11.3 Å². The van der Waals surface area contributed by atoms with Crippen molar-refractivity contribution in [2.45, 2.75) is 26.3 Å². The molecule has 1 atom stereocenters. The zero-order valence-corrected chi connectivity index (χ0v) is 15.2. The molecule has 0 aliphatic carbocycles. The largest absolute Gasteiger partial charge is 0.348 e. The first-order valence-electron chi connectivity index (χ1n) is 8.19. The molecule has 26 heavy (non-hydrogen) atoms. The van der Waals surface area contributed by atoms with E-state index in [1.807, 2.05) is 31.4 Å². The molecular weight excluding hydrogens is 352 g/mol. The summed E-state index contributed by atoms with van der Waals surface area (Å²) in [5.41, 5.74) is 1.41. The van der Waals surface area contributed by atoms with Crippen LogP contribution in [0.1, 0.15) is 30.8 Å². The van der Waals surface area contributed by atoms with E-state index in [4.69, 9.17) is 0 Å². The van der Waals surface area contributed by atoms with Crippen LogP contribution in [0.25, 0.3) is 16.3 Å². The fraction of sp³-hybridized carbons (Fsp3) is 0.222. The van der Waals surface area contributed by atoms with Gasteiger partial charge in [-0.1, -0.05) is 19.1 Å². The van der Waals surface area contributed by atoms with Gasteiger partial charge in [0.25, 0.3) is 11.6 Å². The number of non-ortho nitro benzene ring substituents is 1. The molecule has 0 fully saturated rings. The minimum Gasteiger partial charge on any atom is -0.348 e. The number of nitrogens with one attached hydrogen (secondary N) is 1. The average Bonchev–Trinajstić information content (AvgIpc) is 3.31. The topological polar surface area (TPSA) is 90.1 Å². The monoisotopic (exact) mass is 370 g/mol. The van der Waals surface area contributed by atoms with Crippen molar-refractivity contribution in [1.29, 1.82) is 0 Å². The standard InChI is InChI=1S/C18H18N4O3S/c1-3-12(2)19-18(23)16-11-15(17-8-5-9-26-17)20-21(16)13-6-4-7-14(10-13)22(24)25/h4-12H,3H2,1-2H3,(H,19,23)/t12-/m1/s1. The Kier molecular flexibility index (Phi) is 5.13. The number of rotatable bonds is 6. The summed E-state index contributed by atoms with van der Waals surface area (Å²) in [6.07, 6.45) is 0.800. The normalized spacial score (nSPS) is 11.9. The summed E-state index contributed by atoms with van der Waals surface area (Å²) in [5.74, 6) is -0.263. The van der Waals surface area contributed by atoms with Crippen LogP contribution in [0.4, 0.5) is 5.69 Å². The highest BCUT2D eigenvalue weighted by Crippen LogP contribution is 2.26. The number of carbonyl (C=O) groups excluding carboxylic acids is 1. The third-order valence-corrected chi connectivity index (χ3v) is 4.88. The number of hydrogen-bond acceptors (Lipinski definition) is 5. The predicted molar refractivity (Wildman–Crippen MR) is 101 cm³/mol. The van der Waals surface area contributed by atoms with Crippen LogP contribution < -0.4 is 5.32 Å². The van der Waals surface area contributed by atoms with Crippen LogP contribution in [0.3, 0.4) is 0 Å². The number of nitro benzene ring substituents is 1. The van der Waals surface area contributed by atoms with E-state index in [0.29, 0.717) is 17.1 Å². The Morgan fingerprint density at radius 2 is 2.15 bits per heavy atom. The van der Waals surface area contributed by atoms with Crippen LogP contribution in [-0.2, 0) is 0 Å². The van der Waals surface area contributed by atoms with Crippen molar-refractivity contribution in [3.63, 3.8) is 0 Å². The molecule has 0 saturated heterocycles. The average molecular weight is 370 g/mol. The fourth-order valence-corrected chi connectivity index (χ4v) is 3.10. The Bertz CT molecular complexity index is 934. The van der Waals surface area contributed by atoms with E-state index in [1.54, 1.807) is 18.2 Å². The second-order valence-corrected chi connectivity index (χ2v) is 6.81. The van der Waals surface area contributed by atoms with Gasteiger partial charge in [-0.2, -0.15) is 5.10 Å². The van der Waals surface area contributed by atoms with E-state index in [-0.39, 0.29) is 17.6 Å². The molecule has 0 bridgehead atoms. The van der Waals surface area contributed by atoms with E-state index in [9.17, 15) is 14.9 Å². The third kappa shape index (κ3) is 3.65. The van der Waals surface area contributed by atoms with Gasteiger partial charge in [0.05, 0.1) is 15.5 Å². The van der Waals surface area contributed by atoms with Crippen LogP contribution in [0, 0.1) is 10.1 Å². The molecule has 1 aromatic carbocycles. The lowest BCUT2D eigenvalue weighted by atomic mass is 10.2. The SMILES string of the molecule is CC[C@@H](C)NC(=O)c1cc(-c2cccs2)nn1-c1cccc([N+](=O)[O-])c1.